The highest BCUT2D eigenvalue weighted by atomic mass is 16.5. The number of carbonyl (C=O) groups is 1. The van der Waals surface area contributed by atoms with Gasteiger partial charge in [0, 0.05) is 19.7 Å². The summed E-state index contributed by atoms with van der Waals surface area (Å²) in [6.45, 7) is 4.95. The fourth-order valence-electron chi connectivity index (χ4n) is 3.63. The molecule has 18 heavy (non-hydrogen) atoms. The number of piperidine rings is 2. The van der Waals surface area contributed by atoms with E-state index in [1.54, 1.807) is 0 Å². The summed E-state index contributed by atoms with van der Waals surface area (Å²) in [4.78, 5) is 14.3. The normalized spacial score (nSPS) is 31.8. The van der Waals surface area contributed by atoms with E-state index < -0.39 is 0 Å². The summed E-state index contributed by atoms with van der Waals surface area (Å²) < 4.78 is 5.50. The highest BCUT2D eigenvalue weighted by Gasteiger charge is 2.38. The molecule has 0 aromatic heterocycles. The van der Waals surface area contributed by atoms with Gasteiger partial charge in [0.25, 0.3) is 5.91 Å². The van der Waals surface area contributed by atoms with Crippen molar-refractivity contribution in [2.24, 2.45) is 5.41 Å². The molecular formula is C14H24N2O2. The van der Waals surface area contributed by atoms with Crippen LogP contribution in [0.4, 0.5) is 0 Å². The van der Waals surface area contributed by atoms with Crippen LogP contribution in [0.2, 0.25) is 0 Å². The van der Waals surface area contributed by atoms with Gasteiger partial charge in [-0.2, -0.15) is 0 Å². The van der Waals surface area contributed by atoms with Gasteiger partial charge >= 0.3 is 0 Å². The Kier molecular flexibility index (Phi) is 3.57. The molecule has 102 valence electrons. The molecule has 0 bridgehead atoms. The van der Waals surface area contributed by atoms with Crippen LogP contribution in [0.15, 0.2) is 0 Å². The lowest BCUT2D eigenvalue weighted by molar-refractivity contribution is -0.143. The van der Waals surface area contributed by atoms with E-state index in [1.807, 2.05) is 4.90 Å². The SMILES string of the molecule is O=C([C@@H]1CCCO1)N1CCC2(CCNCC2)CC1. The maximum atomic E-state index is 12.3. The second-order valence-electron chi connectivity index (χ2n) is 6.08. The summed E-state index contributed by atoms with van der Waals surface area (Å²) in [7, 11) is 0. The topological polar surface area (TPSA) is 41.6 Å². The molecule has 1 N–H and O–H groups in total. The van der Waals surface area contributed by atoms with Crippen LogP contribution in [0.3, 0.4) is 0 Å². The van der Waals surface area contributed by atoms with Gasteiger partial charge in [0.05, 0.1) is 0 Å². The van der Waals surface area contributed by atoms with Gasteiger partial charge in [-0.15, -0.1) is 0 Å². The first-order valence-electron chi connectivity index (χ1n) is 7.40. The summed E-state index contributed by atoms with van der Waals surface area (Å²) in [5.41, 5.74) is 0.526. The minimum atomic E-state index is -0.132. The number of ether oxygens (including phenoxy) is 1. The van der Waals surface area contributed by atoms with Crippen LogP contribution >= 0.6 is 0 Å². The molecule has 4 heteroatoms. The molecule has 0 aromatic carbocycles. The van der Waals surface area contributed by atoms with Crippen LogP contribution in [-0.2, 0) is 9.53 Å². The zero-order valence-corrected chi connectivity index (χ0v) is 11.1. The standard InChI is InChI=1S/C14H24N2O2/c17-13(12-2-1-11-18-12)16-9-5-14(6-10-16)3-7-15-8-4-14/h12,15H,1-11H2/t12-/m0/s1. The molecule has 3 saturated heterocycles. The van der Waals surface area contributed by atoms with Crippen LogP contribution in [0.25, 0.3) is 0 Å². The second kappa shape index (κ2) is 5.17. The predicted molar refractivity (Wildman–Crippen MR) is 69.3 cm³/mol. The van der Waals surface area contributed by atoms with Crippen molar-refractivity contribution in [3.63, 3.8) is 0 Å². The number of nitrogens with zero attached hydrogens (tertiary/aromatic N) is 1. The maximum absolute atomic E-state index is 12.3. The van der Waals surface area contributed by atoms with Crippen molar-refractivity contribution in [3.8, 4) is 0 Å². The molecule has 0 unspecified atom stereocenters. The van der Waals surface area contributed by atoms with Gasteiger partial charge in [0.2, 0.25) is 0 Å². The number of rotatable bonds is 1. The first-order chi connectivity index (χ1) is 8.79. The fourth-order valence-corrected chi connectivity index (χ4v) is 3.63. The summed E-state index contributed by atoms with van der Waals surface area (Å²) in [6, 6.07) is 0. The van der Waals surface area contributed by atoms with Crippen molar-refractivity contribution in [1.29, 1.82) is 0 Å². The predicted octanol–water partition coefficient (Wildman–Crippen LogP) is 1.16. The molecule has 3 heterocycles. The zero-order valence-electron chi connectivity index (χ0n) is 11.1. The average molecular weight is 252 g/mol. The molecule has 4 nitrogen and oxygen atoms in total. The Morgan fingerprint density at radius 2 is 1.89 bits per heavy atom. The molecule has 3 aliphatic rings. The van der Waals surface area contributed by atoms with Crippen molar-refractivity contribution >= 4 is 5.91 Å². The van der Waals surface area contributed by atoms with Gasteiger partial charge in [-0.05, 0) is 57.0 Å². The average Bonchev–Trinajstić information content (AvgIpc) is 2.94. The summed E-state index contributed by atoms with van der Waals surface area (Å²) >= 11 is 0. The van der Waals surface area contributed by atoms with Crippen LogP contribution in [0, 0.1) is 5.41 Å². The van der Waals surface area contributed by atoms with Gasteiger partial charge in [0.15, 0.2) is 0 Å². The van der Waals surface area contributed by atoms with E-state index in [2.05, 4.69) is 5.32 Å². The van der Waals surface area contributed by atoms with E-state index in [1.165, 1.54) is 25.7 Å². The third-order valence-corrected chi connectivity index (χ3v) is 5.01. The minimum absolute atomic E-state index is 0.132. The third kappa shape index (κ3) is 2.41. The minimum Gasteiger partial charge on any atom is -0.368 e. The Morgan fingerprint density at radius 3 is 2.50 bits per heavy atom. The maximum Gasteiger partial charge on any atom is 0.251 e. The Bertz CT molecular complexity index is 297. The number of likely N-dealkylation sites (tertiary alicyclic amines) is 1. The molecule has 0 radical (unpaired) electrons. The van der Waals surface area contributed by atoms with E-state index >= 15 is 0 Å². The number of hydrogen-bond acceptors (Lipinski definition) is 3. The molecule has 3 fully saturated rings. The molecular weight excluding hydrogens is 228 g/mol. The van der Waals surface area contributed by atoms with Crippen LogP contribution < -0.4 is 5.32 Å². The lowest BCUT2D eigenvalue weighted by atomic mass is 9.71. The van der Waals surface area contributed by atoms with Crippen molar-refractivity contribution in [2.75, 3.05) is 32.8 Å². The Hall–Kier alpha value is -0.610. The molecule has 0 saturated carbocycles. The molecule has 1 spiro atoms. The molecule has 1 atom stereocenters. The van der Waals surface area contributed by atoms with Gasteiger partial charge < -0.3 is 15.0 Å². The fraction of sp³-hybridized carbons (Fsp3) is 0.929. The van der Waals surface area contributed by atoms with Crippen LogP contribution in [-0.4, -0.2) is 49.7 Å². The first kappa shape index (κ1) is 12.4. The Balaban J connectivity index is 1.54. The van der Waals surface area contributed by atoms with E-state index in [4.69, 9.17) is 4.74 Å². The highest BCUT2D eigenvalue weighted by molar-refractivity contribution is 5.81. The van der Waals surface area contributed by atoms with Crippen molar-refractivity contribution in [1.82, 2.24) is 10.2 Å². The molecule has 0 aliphatic carbocycles. The number of nitrogens with one attached hydrogen (secondary N) is 1. The van der Waals surface area contributed by atoms with E-state index in [-0.39, 0.29) is 12.0 Å². The lowest BCUT2D eigenvalue weighted by Gasteiger charge is -2.44. The molecule has 3 aliphatic heterocycles. The Labute approximate surface area is 109 Å². The van der Waals surface area contributed by atoms with Crippen molar-refractivity contribution in [2.45, 2.75) is 44.6 Å². The number of carbonyl (C=O) groups excluding carboxylic acids is 1. The smallest absolute Gasteiger partial charge is 0.251 e. The summed E-state index contributed by atoms with van der Waals surface area (Å²) in [6.07, 6.45) is 6.78. The third-order valence-electron chi connectivity index (χ3n) is 5.01. The monoisotopic (exact) mass is 252 g/mol. The quantitative estimate of drug-likeness (QED) is 0.761. The first-order valence-corrected chi connectivity index (χ1v) is 7.40. The van der Waals surface area contributed by atoms with Crippen molar-refractivity contribution < 1.29 is 9.53 Å². The van der Waals surface area contributed by atoms with Crippen molar-refractivity contribution in [3.05, 3.63) is 0 Å². The number of hydrogen-bond donors (Lipinski definition) is 1. The van der Waals surface area contributed by atoms with Gasteiger partial charge in [-0.3, -0.25) is 4.79 Å². The van der Waals surface area contributed by atoms with Gasteiger partial charge in [0.1, 0.15) is 6.10 Å². The highest BCUT2D eigenvalue weighted by Crippen LogP contribution is 2.39. The largest absolute Gasteiger partial charge is 0.368 e. The van der Waals surface area contributed by atoms with Gasteiger partial charge in [-0.25, -0.2) is 0 Å². The Morgan fingerprint density at radius 1 is 1.17 bits per heavy atom. The zero-order chi connectivity index (χ0) is 12.4. The van der Waals surface area contributed by atoms with E-state index in [0.717, 1.165) is 45.6 Å². The summed E-state index contributed by atoms with van der Waals surface area (Å²) in [5.74, 6) is 0.247. The second-order valence-corrected chi connectivity index (χ2v) is 6.08. The lowest BCUT2D eigenvalue weighted by Crippen LogP contribution is -2.49. The molecule has 0 aromatic rings. The van der Waals surface area contributed by atoms with Crippen LogP contribution in [0.5, 0.6) is 0 Å². The molecule has 1 amide bonds. The van der Waals surface area contributed by atoms with Crippen LogP contribution in [0.1, 0.15) is 38.5 Å². The van der Waals surface area contributed by atoms with E-state index in [9.17, 15) is 4.79 Å². The number of amides is 1. The van der Waals surface area contributed by atoms with Gasteiger partial charge in [-0.1, -0.05) is 0 Å². The summed E-state index contributed by atoms with van der Waals surface area (Å²) in [5, 5.41) is 3.43. The molecule has 3 rings (SSSR count). The van der Waals surface area contributed by atoms with E-state index in [0.29, 0.717) is 5.41 Å².